The molecule has 1 saturated heterocycles. The van der Waals surface area contributed by atoms with Crippen LogP contribution in [-0.4, -0.2) is 60.3 Å². The van der Waals surface area contributed by atoms with Gasteiger partial charge >= 0.3 is 5.97 Å². The van der Waals surface area contributed by atoms with Crippen molar-refractivity contribution >= 4 is 23.4 Å². The van der Waals surface area contributed by atoms with Crippen LogP contribution in [0.2, 0.25) is 0 Å². The molecule has 160 valence electrons. The number of pyridine rings is 1. The molecular formula is C22H27N3O5. The van der Waals surface area contributed by atoms with Crippen LogP contribution in [0.4, 0.5) is 11.5 Å². The second-order valence-corrected chi connectivity index (χ2v) is 7.11. The van der Waals surface area contributed by atoms with Crippen molar-refractivity contribution in [3.8, 4) is 5.75 Å². The summed E-state index contributed by atoms with van der Waals surface area (Å²) in [6, 6.07) is 10.6. The molecule has 1 aromatic heterocycles. The summed E-state index contributed by atoms with van der Waals surface area (Å²) in [6.45, 7) is 6.98. The standard InChI is InChI=1S/C22H27N3O5/c1-4-28-18-9-7-17(8-10-18)24-21-19(6-5-11-23-21)22(27)29-14-20(26)25-12-15(2)30-16(3)13-25/h5-11,15-16H,4,12-14H2,1-3H3,(H,23,24). The number of benzene rings is 1. The molecule has 2 unspecified atom stereocenters. The van der Waals surface area contributed by atoms with Crippen molar-refractivity contribution in [2.24, 2.45) is 0 Å². The van der Waals surface area contributed by atoms with E-state index in [1.54, 1.807) is 23.2 Å². The highest BCUT2D eigenvalue weighted by molar-refractivity contribution is 5.96. The quantitative estimate of drug-likeness (QED) is 0.698. The Hall–Kier alpha value is -3.13. The van der Waals surface area contributed by atoms with Gasteiger partial charge in [0.1, 0.15) is 17.1 Å². The maximum absolute atomic E-state index is 12.6. The highest BCUT2D eigenvalue weighted by atomic mass is 16.5. The van der Waals surface area contributed by atoms with Gasteiger partial charge in [-0.05, 0) is 57.2 Å². The van der Waals surface area contributed by atoms with Gasteiger partial charge in [0.05, 0.1) is 18.8 Å². The second kappa shape index (κ2) is 10.1. The third-order valence-corrected chi connectivity index (χ3v) is 4.55. The summed E-state index contributed by atoms with van der Waals surface area (Å²) in [7, 11) is 0. The summed E-state index contributed by atoms with van der Waals surface area (Å²) in [5, 5.41) is 3.11. The molecule has 2 aromatic rings. The number of nitrogens with zero attached hydrogens (tertiary/aromatic N) is 2. The van der Waals surface area contributed by atoms with Crippen molar-refractivity contribution in [3.63, 3.8) is 0 Å². The van der Waals surface area contributed by atoms with Crippen molar-refractivity contribution < 1.29 is 23.8 Å². The highest BCUT2D eigenvalue weighted by Crippen LogP contribution is 2.22. The Bertz CT molecular complexity index is 861. The van der Waals surface area contributed by atoms with E-state index in [1.807, 2.05) is 45.0 Å². The van der Waals surface area contributed by atoms with E-state index in [0.717, 1.165) is 11.4 Å². The predicted octanol–water partition coefficient (Wildman–Crippen LogP) is 3.02. The molecule has 30 heavy (non-hydrogen) atoms. The zero-order valence-electron chi connectivity index (χ0n) is 17.5. The molecule has 8 nitrogen and oxygen atoms in total. The summed E-state index contributed by atoms with van der Waals surface area (Å²) in [5.74, 6) is 0.260. The van der Waals surface area contributed by atoms with Gasteiger partial charge in [0.2, 0.25) is 0 Å². The molecule has 2 atom stereocenters. The van der Waals surface area contributed by atoms with E-state index in [4.69, 9.17) is 14.2 Å². The smallest absolute Gasteiger partial charge is 0.342 e. The fourth-order valence-electron chi connectivity index (χ4n) is 3.29. The predicted molar refractivity (Wildman–Crippen MR) is 112 cm³/mol. The molecule has 1 aliphatic rings. The number of carbonyl (C=O) groups is 2. The van der Waals surface area contributed by atoms with Crippen molar-refractivity contribution in [1.82, 2.24) is 9.88 Å². The number of rotatable bonds is 7. The molecular weight excluding hydrogens is 386 g/mol. The van der Waals surface area contributed by atoms with E-state index < -0.39 is 5.97 Å². The molecule has 1 aliphatic heterocycles. The molecule has 3 rings (SSSR count). The van der Waals surface area contributed by atoms with Crippen LogP contribution in [0, 0.1) is 0 Å². The lowest BCUT2D eigenvalue weighted by molar-refractivity contribution is -0.146. The van der Waals surface area contributed by atoms with Crippen molar-refractivity contribution in [2.75, 3.05) is 31.6 Å². The molecule has 0 radical (unpaired) electrons. The van der Waals surface area contributed by atoms with E-state index in [1.165, 1.54) is 0 Å². The van der Waals surface area contributed by atoms with E-state index in [0.29, 0.717) is 25.5 Å². The van der Waals surface area contributed by atoms with Crippen molar-refractivity contribution in [3.05, 3.63) is 48.2 Å². The van der Waals surface area contributed by atoms with Crippen LogP contribution in [0.1, 0.15) is 31.1 Å². The normalized spacial score (nSPS) is 18.6. The van der Waals surface area contributed by atoms with Gasteiger partial charge < -0.3 is 24.4 Å². The largest absolute Gasteiger partial charge is 0.494 e. The second-order valence-electron chi connectivity index (χ2n) is 7.11. The SMILES string of the molecule is CCOc1ccc(Nc2ncccc2C(=O)OCC(=O)N2CC(C)OC(C)C2)cc1. The van der Waals surface area contributed by atoms with Crippen LogP contribution in [0.25, 0.3) is 0 Å². The first-order chi connectivity index (χ1) is 14.5. The van der Waals surface area contributed by atoms with Gasteiger partial charge in [0, 0.05) is 25.0 Å². The van der Waals surface area contributed by atoms with Crippen molar-refractivity contribution in [2.45, 2.75) is 33.0 Å². The third-order valence-electron chi connectivity index (χ3n) is 4.55. The Kier molecular flexibility index (Phi) is 7.24. The van der Waals surface area contributed by atoms with E-state index in [2.05, 4.69) is 10.3 Å². The third kappa shape index (κ3) is 5.70. The number of aromatic nitrogens is 1. The first-order valence-electron chi connectivity index (χ1n) is 10.0. The Balaban J connectivity index is 1.61. The molecule has 0 spiro atoms. The van der Waals surface area contributed by atoms with Gasteiger partial charge in [0.25, 0.3) is 5.91 Å². The van der Waals surface area contributed by atoms with Gasteiger partial charge in [0.15, 0.2) is 6.61 Å². The fourth-order valence-corrected chi connectivity index (χ4v) is 3.29. The van der Waals surface area contributed by atoms with E-state index >= 15 is 0 Å². The van der Waals surface area contributed by atoms with Crippen LogP contribution in [-0.2, 0) is 14.3 Å². The fraction of sp³-hybridized carbons (Fsp3) is 0.409. The summed E-state index contributed by atoms with van der Waals surface area (Å²) in [6.07, 6.45) is 1.49. The number of hydrogen-bond acceptors (Lipinski definition) is 7. The van der Waals surface area contributed by atoms with Crippen LogP contribution < -0.4 is 10.1 Å². The lowest BCUT2D eigenvalue weighted by Gasteiger charge is -2.35. The van der Waals surface area contributed by atoms with Gasteiger partial charge in [-0.15, -0.1) is 0 Å². The molecule has 1 N–H and O–H groups in total. The number of ether oxygens (including phenoxy) is 3. The molecule has 1 fully saturated rings. The number of carbonyl (C=O) groups excluding carboxylic acids is 2. The number of esters is 1. The van der Waals surface area contributed by atoms with Crippen molar-refractivity contribution in [1.29, 1.82) is 0 Å². The summed E-state index contributed by atoms with van der Waals surface area (Å²) in [5.41, 5.74) is 1.00. The van der Waals surface area contributed by atoms with E-state index in [9.17, 15) is 9.59 Å². The molecule has 2 heterocycles. The minimum Gasteiger partial charge on any atom is -0.494 e. The van der Waals surface area contributed by atoms with Crippen LogP contribution in [0.15, 0.2) is 42.6 Å². The number of amides is 1. The van der Waals surface area contributed by atoms with Crippen LogP contribution in [0.5, 0.6) is 5.75 Å². The van der Waals surface area contributed by atoms with Crippen LogP contribution >= 0.6 is 0 Å². The molecule has 1 amide bonds. The number of anilines is 2. The number of morpholine rings is 1. The monoisotopic (exact) mass is 413 g/mol. The number of hydrogen-bond donors (Lipinski definition) is 1. The minimum absolute atomic E-state index is 0.0448. The summed E-state index contributed by atoms with van der Waals surface area (Å²) in [4.78, 5) is 30.9. The highest BCUT2D eigenvalue weighted by Gasteiger charge is 2.26. The minimum atomic E-state index is -0.612. The van der Waals surface area contributed by atoms with E-state index in [-0.39, 0.29) is 30.3 Å². The van der Waals surface area contributed by atoms with Gasteiger partial charge in [-0.25, -0.2) is 9.78 Å². The topological polar surface area (TPSA) is 90.0 Å². The van der Waals surface area contributed by atoms with Gasteiger partial charge in [-0.3, -0.25) is 4.79 Å². The lowest BCUT2D eigenvalue weighted by atomic mass is 10.2. The summed E-state index contributed by atoms with van der Waals surface area (Å²) >= 11 is 0. The number of nitrogens with one attached hydrogen (secondary N) is 1. The first kappa shape index (κ1) is 21.6. The zero-order chi connectivity index (χ0) is 21.5. The first-order valence-corrected chi connectivity index (χ1v) is 10.0. The molecule has 1 aromatic carbocycles. The average Bonchev–Trinajstić information content (AvgIpc) is 2.73. The lowest BCUT2D eigenvalue weighted by Crippen LogP contribution is -2.49. The molecule has 0 aliphatic carbocycles. The Labute approximate surface area is 176 Å². The average molecular weight is 413 g/mol. The summed E-state index contributed by atoms with van der Waals surface area (Å²) < 4.78 is 16.3. The molecule has 0 saturated carbocycles. The van der Waals surface area contributed by atoms with Crippen LogP contribution in [0.3, 0.4) is 0 Å². The van der Waals surface area contributed by atoms with Gasteiger partial charge in [-0.1, -0.05) is 0 Å². The Morgan fingerprint density at radius 2 is 1.87 bits per heavy atom. The zero-order valence-corrected chi connectivity index (χ0v) is 17.5. The Morgan fingerprint density at radius 3 is 2.53 bits per heavy atom. The Morgan fingerprint density at radius 1 is 1.17 bits per heavy atom. The maximum atomic E-state index is 12.6. The molecule has 0 bridgehead atoms. The maximum Gasteiger partial charge on any atom is 0.342 e. The van der Waals surface area contributed by atoms with Gasteiger partial charge in [-0.2, -0.15) is 0 Å². The molecule has 8 heteroatoms.